The molecule has 0 aliphatic heterocycles. The summed E-state index contributed by atoms with van der Waals surface area (Å²) in [5, 5.41) is 16.9. The van der Waals surface area contributed by atoms with Crippen LogP contribution in [0.15, 0.2) is 6.20 Å². The summed E-state index contributed by atoms with van der Waals surface area (Å²) in [7, 11) is 1.68. The fourth-order valence-corrected chi connectivity index (χ4v) is 1.92. The standard InChI is InChI=1S/C13H23N5O2/c1-4-5-6-7-8-10(2)16-12-11(18(19)20)9-15-13(14-3)17-12/h9-10H,4-8H2,1-3H3,(H2,14,15,16,17). The Hall–Kier alpha value is -1.92. The van der Waals surface area contributed by atoms with Gasteiger partial charge in [0.2, 0.25) is 11.8 Å². The van der Waals surface area contributed by atoms with Crippen LogP contribution in [-0.4, -0.2) is 28.0 Å². The van der Waals surface area contributed by atoms with E-state index in [0.717, 1.165) is 12.8 Å². The topological polar surface area (TPSA) is 93.0 Å². The number of anilines is 2. The van der Waals surface area contributed by atoms with Gasteiger partial charge in [-0.15, -0.1) is 0 Å². The first-order chi connectivity index (χ1) is 9.58. The van der Waals surface area contributed by atoms with E-state index in [9.17, 15) is 10.1 Å². The van der Waals surface area contributed by atoms with Crippen molar-refractivity contribution in [1.29, 1.82) is 0 Å². The Kier molecular flexibility index (Phi) is 6.69. The van der Waals surface area contributed by atoms with Gasteiger partial charge in [0.1, 0.15) is 6.20 Å². The van der Waals surface area contributed by atoms with Crippen molar-refractivity contribution in [2.24, 2.45) is 0 Å². The van der Waals surface area contributed by atoms with Crippen LogP contribution in [0.2, 0.25) is 0 Å². The molecule has 0 aliphatic rings. The quantitative estimate of drug-likeness (QED) is 0.410. The summed E-state index contributed by atoms with van der Waals surface area (Å²) in [6.07, 6.45) is 6.92. The van der Waals surface area contributed by atoms with Crippen LogP contribution in [0.4, 0.5) is 17.5 Å². The molecule has 112 valence electrons. The molecule has 1 rings (SSSR count). The van der Waals surface area contributed by atoms with Crippen LogP contribution in [0.25, 0.3) is 0 Å². The van der Waals surface area contributed by atoms with Gasteiger partial charge in [-0.3, -0.25) is 10.1 Å². The molecule has 0 radical (unpaired) electrons. The van der Waals surface area contributed by atoms with Crippen molar-refractivity contribution in [3.63, 3.8) is 0 Å². The molecular weight excluding hydrogens is 258 g/mol. The highest BCUT2D eigenvalue weighted by Crippen LogP contribution is 2.23. The molecule has 2 N–H and O–H groups in total. The number of nitrogens with one attached hydrogen (secondary N) is 2. The summed E-state index contributed by atoms with van der Waals surface area (Å²) >= 11 is 0. The van der Waals surface area contributed by atoms with Crippen LogP contribution >= 0.6 is 0 Å². The SMILES string of the molecule is CCCCCCC(C)Nc1nc(NC)ncc1[N+](=O)[O-]. The second-order valence-electron chi connectivity index (χ2n) is 4.83. The smallest absolute Gasteiger partial charge is 0.329 e. The Morgan fingerprint density at radius 2 is 2.15 bits per heavy atom. The van der Waals surface area contributed by atoms with Gasteiger partial charge >= 0.3 is 5.69 Å². The molecular formula is C13H23N5O2. The van der Waals surface area contributed by atoms with E-state index in [0.29, 0.717) is 5.95 Å². The largest absolute Gasteiger partial charge is 0.362 e. The predicted molar refractivity (Wildman–Crippen MR) is 80.1 cm³/mol. The highest BCUT2D eigenvalue weighted by molar-refractivity contribution is 5.57. The van der Waals surface area contributed by atoms with E-state index in [2.05, 4.69) is 27.5 Å². The van der Waals surface area contributed by atoms with Gasteiger partial charge in [-0.05, 0) is 13.3 Å². The minimum atomic E-state index is -0.467. The van der Waals surface area contributed by atoms with Crippen LogP contribution in [0.5, 0.6) is 0 Å². The average Bonchev–Trinajstić information content (AvgIpc) is 2.43. The number of hydrogen-bond donors (Lipinski definition) is 2. The summed E-state index contributed by atoms with van der Waals surface area (Å²) in [6, 6.07) is 0.144. The molecule has 0 aromatic carbocycles. The van der Waals surface area contributed by atoms with E-state index in [1.165, 1.54) is 25.5 Å². The summed E-state index contributed by atoms with van der Waals surface area (Å²) in [6.45, 7) is 4.18. The number of nitro groups is 1. The van der Waals surface area contributed by atoms with Gasteiger partial charge in [-0.1, -0.05) is 32.6 Å². The van der Waals surface area contributed by atoms with E-state index in [4.69, 9.17) is 0 Å². The van der Waals surface area contributed by atoms with E-state index < -0.39 is 4.92 Å². The van der Waals surface area contributed by atoms with Crippen molar-refractivity contribution >= 4 is 17.5 Å². The lowest BCUT2D eigenvalue weighted by atomic mass is 10.1. The molecule has 0 saturated carbocycles. The van der Waals surface area contributed by atoms with Gasteiger partial charge in [0, 0.05) is 13.1 Å². The lowest BCUT2D eigenvalue weighted by Gasteiger charge is -2.14. The maximum atomic E-state index is 11.0. The number of unbranched alkanes of at least 4 members (excludes halogenated alkanes) is 3. The molecule has 7 nitrogen and oxygen atoms in total. The zero-order valence-electron chi connectivity index (χ0n) is 12.3. The molecule has 0 amide bonds. The molecule has 1 unspecified atom stereocenters. The van der Waals surface area contributed by atoms with Crippen LogP contribution in [0.1, 0.15) is 46.0 Å². The first kappa shape index (κ1) is 16.1. The van der Waals surface area contributed by atoms with Gasteiger partial charge in [0.25, 0.3) is 0 Å². The molecule has 0 fully saturated rings. The second kappa shape index (κ2) is 8.29. The highest BCUT2D eigenvalue weighted by Gasteiger charge is 2.18. The molecule has 0 spiro atoms. The van der Waals surface area contributed by atoms with E-state index in [1.807, 2.05) is 6.92 Å². The van der Waals surface area contributed by atoms with Gasteiger partial charge in [-0.2, -0.15) is 4.98 Å². The molecule has 0 bridgehead atoms. The molecule has 1 aromatic rings. The predicted octanol–water partition coefficient (Wildman–Crippen LogP) is 3.20. The van der Waals surface area contributed by atoms with Crippen molar-refractivity contribution in [3.8, 4) is 0 Å². The number of nitrogens with zero attached hydrogens (tertiary/aromatic N) is 3. The average molecular weight is 281 g/mol. The minimum absolute atomic E-state index is 0.0931. The number of hydrogen-bond acceptors (Lipinski definition) is 6. The Morgan fingerprint density at radius 3 is 2.75 bits per heavy atom. The van der Waals surface area contributed by atoms with Crippen molar-refractivity contribution in [1.82, 2.24) is 9.97 Å². The van der Waals surface area contributed by atoms with Crippen molar-refractivity contribution in [3.05, 3.63) is 16.3 Å². The Morgan fingerprint density at radius 1 is 1.40 bits per heavy atom. The fourth-order valence-electron chi connectivity index (χ4n) is 1.92. The maximum absolute atomic E-state index is 11.0. The van der Waals surface area contributed by atoms with Crippen LogP contribution < -0.4 is 10.6 Å². The lowest BCUT2D eigenvalue weighted by Crippen LogP contribution is -2.17. The second-order valence-corrected chi connectivity index (χ2v) is 4.83. The molecule has 1 aromatic heterocycles. The summed E-state index contributed by atoms with van der Waals surface area (Å²) in [5.74, 6) is 0.647. The summed E-state index contributed by atoms with van der Waals surface area (Å²) in [5.41, 5.74) is -0.0931. The van der Waals surface area contributed by atoms with E-state index in [1.54, 1.807) is 7.05 Å². The van der Waals surface area contributed by atoms with Crippen LogP contribution in [-0.2, 0) is 0 Å². The molecule has 7 heteroatoms. The summed E-state index contributed by atoms with van der Waals surface area (Å²) < 4.78 is 0. The van der Waals surface area contributed by atoms with Gasteiger partial charge in [0.15, 0.2) is 0 Å². The first-order valence-electron chi connectivity index (χ1n) is 7.04. The fraction of sp³-hybridized carbons (Fsp3) is 0.692. The third-order valence-electron chi connectivity index (χ3n) is 3.06. The van der Waals surface area contributed by atoms with E-state index in [-0.39, 0.29) is 17.5 Å². The van der Waals surface area contributed by atoms with Gasteiger partial charge < -0.3 is 10.6 Å². The van der Waals surface area contributed by atoms with Gasteiger partial charge in [-0.25, -0.2) is 4.98 Å². The van der Waals surface area contributed by atoms with Crippen LogP contribution in [0.3, 0.4) is 0 Å². The van der Waals surface area contributed by atoms with Crippen molar-refractivity contribution in [2.75, 3.05) is 17.7 Å². The molecule has 20 heavy (non-hydrogen) atoms. The normalized spacial score (nSPS) is 11.9. The van der Waals surface area contributed by atoms with Crippen molar-refractivity contribution < 1.29 is 4.92 Å². The van der Waals surface area contributed by atoms with Crippen molar-refractivity contribution in [2.45, 2.75) is 52.0 Å². The zero-order valence-corrected chi connectivity index (χ0v) is 12.3. The van der Waals surface area contributed by atoms with Gasteiger partial charge in [0.05, 0.1) is 4.92 Å². The van der Waals surface area contributed by atoms with Crippen LogP contribution in [0, 0.1) is 10.1 Å². The third-order valence-corrected chi connectivity index (χ3v) is 3.06. The number of rotatable bonds is 9. The minimum Gasteiger partial charge on any atom is -0.362 e. The third kappa shape index (κ3) is 4.99. The molecule has 1 atom stereocenters. The number of aromatic nitrogens is 2. The summed E-state index contributed by atoms with van der Waals surface area (Å²) in [4.78, 5) is 18.5. The zero-order chi connectivity index (χ0) is 15.0. The lowest BCUT2D eigenvalue weighted by molar-refractivity contribution is -0.384. The Balaban J connectivity index is 2.66. The maximum Gasteiger partial charge on any atom is 0.329 e. The Labute approximate surface area is 119 Å². The molecule has 0 saturated heterocycles. The monoisotopic (exact) mass is 281 g/mol. The van der Waals surface area contributed by atoms with E-state index >= 15 is 0 Å². The Bertz CT molecular complexity index is 439. The highest BCUT2D eigenvalue weighted by atomic mass is 16.6. The molecule has 1 heterocycles. The first-order valence-corrected chi connectivity index (χ1v) is 7.04. The molecule has 0 aliphatic carbocycles.